The largest absolute Gasteiger partial charge is 0.494 e. The van der Waals surface area contributed by atoms with Crippen molar-refractivity contribution < 1.29 is 24.8 Å². The second kappa shape index (κ2) is 28.7. The summed E-state index contributed by atoms with van der Waals surface area (Å²) in [7, 11) is 5.34. The molecule has 3 N–H and O–H groups in total. The number of rotatable bonds is 6. The van der Waals surface area contributed by atoms with Crippen molar-refractivity contribution in [1.82, 2.24) is 9.80 Å². The Balaban J connectivity index is 0. The Morgan fingerprint density at radius 2 is 1.30 bits per heavy atom. The first kappa shape index (κ1) is 57.4. The van der Waals surface area contributed by atoms with Crippen LogP contribution in [0.25, 0.3) is 0 Å². The molecular weight excluding hydrogens is 697 g/mol. The van der Waals surface area contributed by atoms with E-state index < -0.39 is 11.5 Å². The van der Waals surface area contributed by atoms with Gasteiger partial charge in [-0.2, -0.15) is 0 Å². The molecule has 0 aromatic carbocycles. The molecule has 7 nitrogen and oxygen atoms in total. The Morgan fingerprint density at radius 1 is 0.786 bits per heavy atom. The zero-order valence-corrected chi connectivity index (χ0v) is 41.3. The van der Waals surface area contributed by atoms with E-state index in [1.165, 1.54) is 19.3 Å². The Labute approximate surface area is 351 Å². The molecule has 7 heteroatoms. The van der Waals surface area contributed by atoms with E-state index in [2.05, 4.69) is 120 Å². The molecule has 0 amide bonds. The first-order valence-corrected chi connectivity index (χ1v) is 23.3. The maximum absolute atomic E-state index is 11.6. The molecule has 2 aliphatic carbocycles. The molecular formula is C49H102N2O5. The van der Waals surface area contributed by atoms with Gasteiger partial charge < -0.3 is 34.6 Å². The van der Waals surface area contributed by atoms with Crippen LogP contribution < -0.4 is 0 Å². The topological polar surface area (TPSA) is 85.6 Å². The first-order valence-electron chi connectivity index (χ1n) is 23.3. The maximum Gasteiger partial charge on any atom is 0.106 e. The van der Waals surface area contributed by atoms with Crippen molar-refractivity contribution in [3.8, 4) is 0 Å². The summed E-state index contributed by atoms with van der Waals surface area (Å²) in [5.41, 5.74) is -0.215. The number of ether oxygens (including phenoxy) is 2. The lowest BCUT2D eigenvalue weighted by Gasteiger charge is -2.44. The minimum Gasteiger partial charge on any atom is -0.494 e. The number of aliphatic hydroxyl groups is 3. The molecule has 1 aliphatic heterocycles. The van der Waals surface area contributed by atoms with Gasteiger partial charge in [-0.25, -0.2) is 0 Å². The number of likely N-dealkylation sites (N-methyl/N-ethyl adjacent to an activating group) is 1. The number of nitrogens with zero attached hydrogens (tertiary/aromatic N) is 2. The molecule has 0 bridgehead atoms. The average molecular weight is 799 g/mol. The van der Waals surface area contributed by atoms with Crippen LogP contribution >= 0.6 is 0 Å². The summed E-state index contributed by atoms with van der Waals surface area (Å²) in [5.74, 6) is 3.94. The van der Waals surface area contributed by atoms with Crippen molar-refractivity contribution in [2.24, 2.45) is 46.3 Å². The monoisotopic (exact) mass is 799 g/mol. The lowest BCUT2D eigenvalue weighted by Crippen LogP contribution is -2.52. The average Bonchev–Trinajstić information content (AvgIpc) is 3.12. The van der Waals surface area contributed by atoms with Crippen molar-refractivity contribution in [3.05, 3.63) is 12.3 Å². The molecule has 1 heterocycles. The summed E-state index contributed by atoms with van der Waals surface area (Å²) in [6.45, 7) is 44.3. The lowest BCUT2D eigenvalue weighted by atomic mass is 9.73. The Morgan fingerprint density at radius 3 is 1.79 bits per heavy atom. The standard InChI is InChI=1S/C33H63NO3.C11H23NO.2C2H6.CH4O/c1-14-29-33(11,12)31(35)26(7)34(13)20-23(4)18-32(9,10)19-24(5)30(25(6)27(8)36-29)37-28-16-21(2)15-22(3)17-28;1-4-5-12(3)10-6-9(2)7-11(13)8-10;3*1-2/h21-26,28-31,35H,8,14-20H2,1-7,9-13H3;9-11,13H,4-8H2,1-3H3;2*1-2H3;2H,1H3/t21?,22?,23-,24-,25?,26?,28?,29-,30+,31?;;;;/m1..../s1. The van der Waals surface area contributed by atoms with Crippen LogP contribution in [0.4, 0.5) is 0 Å². The predicted molar refractivity (Wildman–Crippen MR) is 244 cm³/mol. The molecule has 3 fully saturated rings. The van der Waals surface area contributed by atoms with E-state index in [-0.39, 0.29) is 35.7 Å². The van der Waals surface area contributed by atoms with Crippen LogP contribution in [0.1, 0.15) is 182 Å². The number of hydrogen-bond donors (Lipinski definition) is 3. The summed E-state index contributed by atoms with van der Waals surface area (Å²) in [6, 6.07) is 0.651. The molecule has 56 heavy (non-hydrogen) atoms. The van der Waals surface area contributed by atoms with Gasteiger partial charge in [0.2, 0.25) is 0 Å². The minimum absolute atomic E-state index is 0.0410. The van der Waals surface area contributed by atoms with Crippen LogP contribution in [-0.4, -0.2) is 102 Å². The van der Waals surface area contributed by atoms with Crippen molar-refractivity contribution >= 4 is 0 Å². The van der Waals surface area contributed by atoms with Crippen molar-refractivity contribution in [3.63, 3.8) is 0 Å². The highest BCUT2D eigenvalue weighted by molar-refractivity contribution is 5.01. The summed E-state index contributed by atoms with van der Waals surface area (Å²) in [5, 5.41) is 28.2. The van der Waals surface area contributed by atoms with Gasteiger partial charge in [-0.15, -0.1) is 0 Å². The third kappa shape index (κ3) is 19.6. The molecule has 0 aromatic heterocycles. The smallest absolute Gasteiger partial charge is 0.106 e. The Hall–Kier alpha value is -0.700. The highest BCUT2D eigenvalue weighted by Crippen LogP contribution is 2.42. The van der Waals surface area contributed by atoms with Gasteiger partial charge in [0.25, 0.3) is 0 Å². The highest BCUT2D eigenvalue weighted by Gasteiger charge is 2.43. The first-order chi connectivity index (χ1) is 26.1. The molecule has 2 saturated carbocycles. The van der Waals surface area contributed by atoms with Crippen LogP contribution in [0.3, 0.4) is 0 Å². The van der Waals surface area contributed by atoms with Gasteiger partial charge in [0.05, 0.1) is 30.2 Å². The summed E-state index contributed by atoms with van der Waals surface area (Å²) < 4.78 is 13.7. The fraction of sp³-hybridized carbons (Fsp3) is 0.959. The van der Waals surface area contributed by atoms with Crippen LogP contribution in [0, 0.1) is 46.3 Å². The highest BCUT2D eigenvalue weighted by atomic mass is 16.5. The van der Waals surface area contributed by atoms with Gasteiger partial charge in [0, 0.05) is 37.1 Å². The van der Waals surface area contributed by atoms with Gasteiger partial charge in [-0.1, -0.05) is 117 Å². The molecule has 0 radical (unpaired) electrons. The lowest BCUT2D eigenvalue weighted by molar-refractivity contribution is -0.118. The van der Waals surface area contributed by atoms with E-state index in [1.807, 2.05) is 27.7 Å². The molecule has 1 saturated heterocycles. The fourth-order valence-electron chi connectivity index (χ4n) is 10.4. The van der Waals surface area contributed by atoms with E-state index in [0.29, 0.717) is 41.7 Å². The third-order valence-corrected chi connectivity index (χ3v) is 12.9. The summed E-state index contributed by atoms with van der Waals surface area (Å²) >= 11 is 0. The van der Waals surface area contributed by atoms with Gasteiger partial charge >= 0.3 is 0 Å². The van der Waals surface area contributed by atoms with Gasteiger partial charge in [0.15, 0.2) is 0 Å². The maximum atomic E-state index is 11.6. The van der Waals surface area contributed by atoms with Gasteiger partial charge in [-0.05, 0) is 127 Å². The van der Waals surface area contributed by atoms with Crippen LogP contribution in [0.5, 0.6) is 0 Å². The molecule has 0 spiro atoms. The van der Waals surface area contributed by atoms with E-state index in [4.69, 9.17) is 14.6 Å². The zero-order chi connectivity index (χ0) is 44.1. The van der Waals surface area contributed by atoms with E-state index in [0.717, 1.165) is 70.9 Å². The second-order valence-corrected chi connectivity index (χ2v) is 19.6. The molecule has 338 valence electrons. The van der Waals surface area contributed by atoms with E-state index >= 15 is 0 Å². The molecule has 3 rings (SSSR count). The molecule has 8 unspecified atom stereocenters. The number of hydrogen-bond acceptors (Lipinski definition) is 7. The van der Waals surface area contributed by atoms with Gasteiger partial charge in [0.1, 0.15) is 6.10 Å². The fourth-order valence-corrected chi connectivity index (χ4v) is 10.4. The van der Waals surface area contributed by atoms with E-state index in [1.54, 1.807) is 0 Å². The molecule has 0 aromatic rings. The minimum atomic E-state index is -0.507. The zero-order valence-electron chi connectivity index (χ0n) is 41.3. The second-order valence-electron chi connectivity index (χ2n) is 19.6. The number of aliphatic hydroxyl groups excluding tert-OH is 3. The summed E-state index contributed by atoms with van der Waals surface area (Å²) in [4.78, 5) is 4.75. The van der Waals surface area contributed by atoms with Crippen LogP contribution in [-0.2, 0) is 9.47 Å². The van der Waals surface area contributed by atoms with Crippen LogP contribution in [0.15, 0.2) is 12.3 Å². The third-order valence-electron chi connectivity index (χ3n) is 12.9. The molecule has 12 atom stereocenters. The quantitative estimate of drug-likeness (QED) is 0.247. The summed E-state index contributed by atoms with van der Waals surface area (Å²) in [6.07, 6.45) is 10.8. The van der Waals surface area contributed by atoms with Crippen molar-refractivity contribution in [2.45, 2.75) is 225 Å². The Bertz CT molecular complexity index is 970. The van der Waals surface area contributed by atoms with Gasteiger partial charge in [-0.3, -0.25) is 0 Å². The SMILES string of the molecule is C=C1O[C@H](CC)C(C)(C)C(O)C(C)N(C)C[C@H](C)CC(C)(C)C[C@@H](C)[C@H](OC2CC(C)CC(C)C2)C1C.CC.CC.CCCN(C)C1CC(C)CC(O)C1.CO. The van der Waals surface area contributed by atoms with E-state index in [9.17, 15) is 10.2 Å². The van der Waals surface area contributed by atoms with Crippen molar-refractivity contribution in [1.29, 1.82) is 0 Å². The molecule has 3 aliphatic rings. The predicted octanol–water partition coefficient (Wildman–Crippen LogP) is 11.5. The normalized spacial score (nSPS) is 36.9. The van der Waals surface area contributed by atoms with Crippen LogP contribution in [0.2, 0.25) is 0 Å². The Kier molecular flexibility index (Phi) is 29.4. The van der Waals surface area contributed by atoms with Crippen molar-refractivity contribution in [2.75, 3.05) is 34.3 Å².